The largest absolute Gasteiger partial charge is 0.484 e. The summed E-state index contributed by atoms with van der Waals surface area (Å²) in [6.45, 7) is 4.21. The Labute approximate surface area is 210 Å². The zero-order valence-electron chi connectivity index (χ0n) is 19.3. The second-order valence-corrected chi connectivity index (χ2v) is 8.80. The molecule has 5 nitrogen and oxygen atoms in total. The molecule has 0 bridgehead atoms. The molecule has 3 aromatic rings. The number of likely N-dealkylation sites (N-methyl/N-ethyl adjacent to an activating group) is 1. The third kappa shape index (κ3) is 7.24. The molecule has 1 atom stereocenters. The average Bonchev–Trinajstić information content (AvgIpc) is 2.82. The van der Waals surface area contributed by atoms with E-state index in [0.717, 1.165) is 11.1 Å². The van der Waals surface area contributed by atoms with E-state index in [1.807, 2.05) is 68.4 Å². The molecule has 0 spiro atoms. The summed E-state index contributed by atoms with van der Waals surface area (Å²) in [6, 6.07) is 21.4. The average molecular weight is 499 g/mol. The lowest BCUT2D eigenvalue weighted by atomic mass is 10.0. The molecule has 0 heterocycles. The van der Waals surface area contributed by atoms with Crippen LogP contribution in [0.4, 0.5) is 0 Å². The molecule has 3 rings (SSSR count). The summed E-state index contributed by atoms with van der Waals surface area (Å²) in [6.07, 6.45) is 0.355. The lowest BCUT2D eigenvalue weighted by molar-refractivity contribution is -0.142. The van der Waals surface area contributed by atoms with Crippen molar-refractivity contribution in [3.05, 3.63) is 99.5 Å². The molecule has 0 fully saturated rings. The van der Waals surface area contributed by atoms with Crippen molar-refractivity contribution >= 4 is 35.0 Å². The van der Waals surface area contributed by atoms with Crippen LogP contribution in [0.3, 0.4) is 0 Å². The van der Waals surface area contributed by atoms with Crippen molar-refractivity contribution in [2.75, 3.05) is 13.2 Å². The first-order valence-corrected chi connectivity index (χ1v) is 11.9. The van der Waals surface area contributed by atoms with Crippen LogP contribution in [0.25, 0.3) is 0 Å². The number of nitrogens with one attached hydrogen (secondary N) is 1. The number of hydrogen-bond acceptors (Lipinski definition) is 3. The van der Waals surface area contributed by atoms with Crippen LogP contribution in [0.5, 0.6) is 5.75 Å². The highest BCUT2D eigenvalue weighted by atomic mass is 35.5. The third-order valence-corrected chi connectivity index (χ3v) is 5.95. The Kier molecular flexibility index (Phi) is 9.37. The van der Waals surface area contributed by atoms with Crippen molar-refractivity contribution in [2.24, 2.45) is 0 Å². The minimum atomic E-state index is -0.747. The van der Waals surface area contributed by atoms with Crippen molar-refractivity contribution in [2.45, 2.75) is 32.9 Å². The zero-order chi connectivity index (χ0) is 24.5. The van der Waals surface area contributed by atoms with E-state index in [2.05, 4.69) is 5.32 Å². The van der Waals surface area contributed by atoms with Gasteiger partial charge in [0.25, 0.3) is 5.91 Å². The SMILES string of the molecule is CCNC(=O)[C@H](Cc1ccccc1)N(Cc1ccc(Cl)cc1Cl)C(=O)COc1ccc(C)cc1. The lowest BCUT2D eigenvalue weighted by Crippen LogP contribution is -2.51. The number of carbonyl (C=O) groups excluding carboxylic acids is 2. The van der Waals surface area contributed by atoms with Gasteiger partial charge in [0.05, 0.1) is 0 Å². The van der Waals surface area contributed by atoms with E-state index >= 15 is 0 Å². The van der Waals surface area contributed by atoms with Gasteiger partial charge in [-0.25, -0.2) is 0 Å². The molecule has 0 aliphatic heterocycles. The van der Waals surface area contributed by atoms with Gasteiger partial charge in [-0.05, 0) is 49.2 Å². The Hall–Kier alpha value is -3.02. The molecule has 2 amide bonds. The van der Waals surface area contributed by atoms with Crippen molar-refractivity contribution < 1.29 is 14.3 Å². The number of hydrogen-bond donors (Lipinski definition) is 1. The van der Waals surface area contributed by atoms with Crippen LogP contribution < -0.4 is 10.1 Å². The van der Waals surface area contributed by atoms with Gasteiger partial charge in [0, 0.05) is 29.6 Å². The van der Waals surface area contributed by atoms with Gasteiger partial charge >= 0.3 is 0 Å². The number of ether oxygens (including phenoxy) is 1. The molecule has 0 saturated heterocycles. The summed E-state index contributed by atoms with van der Waals surface area (Å²) in [4.78, 5) is 28.1. The first-order chi connectivity index (χ1) is 16.4. The maximum atomic E-state index is 13.5. The predicted molar refractivity (Wildman–Crippen MR) is 136 cm³/mol. The van der Waals surface area contributed by atoms with E-state index in [-0.39, 0.29) is 25.0 Å². The van der Waals surface area contributed by atoms with Crippen LogP contribution in [-0.4, -0.2) is 35.9 Å². The first kappa shape index (κ1) is 25.6. The molecular weight excluding hydrogens is 471 g/mol. The maximum Gasteiger partial charge on any atom is 0.261 e. The molecule has 0 unspecified atom stereocenters. The van der Waals surface area contributed by atoms with E-state index in [1.54, 1.807) is 18.2 Å². The monoisotopic (exact) mass is 498 g/mol. The summed E-state index contributed by atoms with van der Waals surface area (Å²) in [5.74, 6) is 0.0277. The smallest absolute Gasteiger partial charge is 0.261 e. The Bertz CT molecular complexity index is 1100. The Morgan fingerprint density at radius 3 is 2.35 bits per heavy atom. The Morgan fingerprint density at radius 2 is 1.71 bits per heavy atom. The minimum absolute atomic E-state index is 0.140. The molecule has 0 aliphatic carbocycles. The molecular formula is C27H28Cl2N2O3. The second kappa shape index (κ2) is 12.4. The summed E-state index contributed by atoms with van der Waals surface area (Å²) < 4.78 is 5.75. The van der Waals surface area contributed by atoms with Gasteiger partial charge in [-0.1, -0.05) is 77.3 Å². The molecule has 1 N–H and O–H groups in total. The first-order valence-electron chi connectivity index (χ1n) is 11.1. The van der Waals surface area contributed by atoms with Gasteiger partial charge < -0.3 is 15.0 Å². The molecule has 3 aromatic carbocycles. The molecule has 0 radical (unpaired) electrons. The number of carbonyl (C=O) groups is 2. The fraction of sp³-hybridized carbons (Fsp3) is 0.259. The quantitative estimate of drug-likeness (QED) is 0.403. The van der Waals surface area contributed by atoms with Crippen molar-refractivity contribution in [3.8, 4) is 5.75 Å². The van der Waals surface area contributed by atoms with Crippen molar-refractivity contribution in [1.29, 1.82) is 0 Å². The topological polar surface area (TPSA) is 58.6 Å². The maximum absolute atomic E-state index is 13.5. The van der Waals surface area contributed by atoms with E-state index in [0.29, 0.717) is 34.3 Å². The van der Waals surface area contributed by atoms with Crippen LogP contribution in [0.15, 0.2) is 72.8 Å². The minimum Gasteiger partial charge on any atom is -0.484 e. The second-order valence-electron chi connectivity index (χ2n) is 7.96. The molecule has 7 heteroatoms. The van der Waals surface area contributed by atoms with Gasteiger partial charge in [-0.15, -0.1) is 0 Å². The van der Waals surface area contributed by atoms with Crippen LogP contribution in [0.2, 0.25) is 10.0 Å². The van der Waals surface area contributed by atoms with Crippen LogP contribution in [0, 0.1) is 6.92 Å². The number of aryl methyl sites for hydroxylation is 1. The summed E-state index contributed by atoms with van der Waals surface area (Å²) >= 11 is 12.5. The van der Waals surface area contributed by atoms with Crippen LogP contribution in [-0.2, 0) is 22.6 Å². The number of rotatable bonds is 10. The number of benzene rings is 3. The zero-order valence-corrected chi connectivity index (χ0v) is 20.8. The van der Waals surface area contributed by atoms with Crippen LogP contribution in [0.1, 0.15) is 23.6 Å². The summed E-state index contributed by atoms with van der Waals surface area (Å²) in [7, 11) is 0. The van der Waals surface area contributed by atoms with Gasteiger partial charge in [0.1, 0.15) is 11.8 Å². The van der Waals surface area contributed by atoms with E-state index < -0.39 is 6.04 Å². The lowest BCUT2D eigenvalue weighted by Gasteiger charge is -2.31. The van der Waals surface area contributed by atoms with Gasteiger partial charge in [-0.3, -0.25) is 9.59 Å². The van der Waals surface area contributed by atoms with Gasteiger partial charge in [-0.2, -0.15) is 0 Å². The standard InChI is InChI=1S/C27H28Cl2N2O3/c1-3-30-27(33)25(15-20-7-5-4-6-8-20)31(17-21-11-12-22(28)16-24(21)29)26(32)18-34-23-13-9-19(2)10-14-23/h4-14,16,25H,3,15,17-18H2,1-2H3,(H,30,33)/t25-/m0/s1. The number of nitrogens with zero attached hydrogens (tertiary/aromatic N) is 1. The molecule has 34 heavy (non-hydrogen) atoms. The summed E-state index contributed by atoms with van der Waals surface area (Å²) in [5.41, 5.74) is 2.73. The van der Waals surface area contributed by atoms with Gasteiger partial charge in [0.2, 0.25) is 5.91 Å². The highest BCUT2D eigenvalue weighted by Crippen LogP contribution is 2.24. The third-order valence-electron chi connectivity index (χ3n) is 5.36. The Balaban J connectivity index is 1.91. The van der Waals surface area contributed by atoms with E-state index in [1.165, 1.54) is 4.90 Å². The number of amides is 2. The predicted octanol–water partition coefficient (Wildman–Crippen LogP) is 5.46. The normalized spacial score (nSPS) is 11.5. The fourth-order valence-electron chi connectivity index (χ4n) is 3.54. The molecule has 0 saturated carbocycles. The van der Waals surface area contributed by atoms with Crippen molar-refractivity contribution in [3.63, 3.8) is 0 Å². The van der Waals surface area contributed by atoms with Crippen LogP contribution >= 0.6 is 23.2 Å². The van der Waals surface area contributed by atoms with E-state index in [9.17, 15) is 9.59 Å². The highest BCUT2D eigenvalue weighted by Gasteiger charge is 2.31. The molecule has 178 valence electrons. The van der Waals surface area contributed by atoms with E-state index in [4.69, 9.17) is 27.9 Å². The summed E-state index contributed by atoms with van der Waals surface area (Å²) in [5, 5.41) is 3.79. The molecule has 0 aromatic heterocycles. The number of halogens is 2. The van der Waals surface area contributed by atoms with Gasteiger partial charge in [0.15, 0.2) is 6.61 Å². The fourth-order valence-corrected chi connectivity index (χ4v) is 4.01. The Morgan fingerprint density at radius 1 is 1.00 bits per heavy atom. The molecule has 0 aliphatic rings. The van der Waals surface area contributed by atoms with Crippen molar-refractivity contribution in [1.82, 2.24) is 10.2 Å². The highest BCUT2D eigenvalue weighted by molar-refractivity contribution is 6.35.